The second-order valence-corrected chi connectivity index (χ2v) is 1.81. The summed E-state index contributed by atoms with van der Waals surface area (Å²) in [6.07, 6.45) is 2.53. The van der Waals surface area contributed by atoms with Crippen molar-refractivity contribution < 1.29 is 13.3 Å². The third-order valence-electron chi connectivity index (χ3n) is 0.483. The minimum absolute atomic E-state index is 0.0993. The molecule has 0 fully saturated rings. The number of rotatable bonds is 3. The highest BCUT2D eigenvalue weighted by Crippen LogP contribution is 2.02. The first-order chi connectivity index (χ1) is 4.66. The van der Waals surface area contributed by atoms with Crippen LogP contribution in [0.1, 0.15) is 6.92 Å². The summed E-state index contributed by atoms with van der Waals surface area (Å²) in [7, 11) is 0. The van der Waals surface area contributed by atoms with Crippen LogP contribution in [0.2, 0.25) is 0 Å². The van der Waals surface area contributed by atoms with Gasteiger partial charge in [-0.3, -0.25) is 0 Å². The first-order valence-corrected chi connectivity index (χ1v) is 3.02. The van der Waals surface area contributed by atoms with Gasteiger partial charge in [-0.2, -0.15) is 0 Å². The highest BCUT2D eigenvalue weighted by Gasteiger charge is 2.06. The summed E-state index contributed by atoms with van der Waals surface area (Å²) in [5.74, 6) is -0.732. The van der Waals surface area contributed by atoms with Crippen LogP contribution in [0.25, 0.3) is 0 Å². The average Bonchev–Trinajstić information content (AvgIpc) is 1.85. The zero-order valence-corrected chi connectivity index (χ0v) is 5.96. The molecule has 0 radical (unpaired) electrons. The molecule has 0 aliphatic carbocycles. The number of hydrogen-bond donors (Lipinski definition) is 0. The Morgan fingerprint density at radius 2 is 2.40 bits per heavy atom. The number of carbonyl (C=O) groups is 1. The summed E-state index contributed by atoms with van der Waals surface area (Å²) in [5.41, 5.74) is 0. The molecule has 0 unspecified atom stereocenters. The predicted octanol–water partition coefficient (Wildman–Crippen LogP) is 0.946. The SMILES string of the molecule is C/C=C/C(=O)OS[N+](=O)[O-]. The smallest absolute Gasteiger partial charge is 0.326 e. The topological polar surface area (TPSA) is 69.4 Å². The van der Waals surface area contributed by atoms with Gasteiger partial charge in [-0.15, -0.1) is 0 Å². The van der Waals surface area contributed by atoms with Crippen molar-refractivity contribution in [1.82, 2.24) is 0 Å². The average molecular weight is 163 g/mol. The molecular formula is C4H5NO4S. The van der Waals surface area contributed by atoms with Gasteiger partial charge in [-0.25, -0.2) is 14.9 Å². The largest absolute Gasteiger partial charge is 0.471 e. The van der Waals surface area contributed by atoms with Crippen molar-refractivity contribution in [3.63, 3.8) is 0 Å². The van der Waals surface area contributed by atoms with Gasteiger partial charge in [0.15, 0.2) is 0 Å². The van der Waals surface area contributed by atoms with Crippen LogP contribution in [0.15, 0.2) is 12.2 Å². The van der Waals surface area contributed by atoms with Crippen molar-refractivity contribution in [2.75, 3.05) is 0 Å². The molecule has 0 N–H and O–H groups in total. The van der Waals surface area contributed by atoms with Crippen molar-refractivity contribution in [3.05, 3.63) is 22.3 Å². The molecule has 0 aromatic heterocycles. The van der Waals surface area contributed by atoms with Crippen molar-refractivity contribution in [3.8, 4) is 0 Å². The lowest BCUT2D eigenvalue weighted by Gasteiger charge is -1.86. The van der Waals surface area contributed by atoms with E-state index in [0.717, 1.165) is 6.08 Å². The molecule has 0 bridgehead atoms. The van der Waals surface area contributed by atoms with Crippen LogP contribution in [0, 0.1) is 10.1 Å². The van der Waals surface area contributed by atoms with Gasteiger partial charge >= 0.3 is 18.2 Å². The molecular weight excluding hydrogens is 158 g/mol. The van der Waals surface area contributed by atoms with E-state index < -0.39 is 10.3 Å². The fourth-order valence-electron chi connectivity index (χ4n) is 0.231. The summed E-state index contributed by atoms with van der Waals surface area (Å²) in [6, 6.07) is 0. The second-order valence-electron chi connectivity index (χ2n) is 1.20. The molecule has 0 aliphatic heterocycles. The van der Waals surface area contributed by atoms with Crippen LogP contribution in [-0.2, 0) is 8.98 Å². The van der Waals surface area contributed by atoms with Gasteiger partial charge in [-0.1, -0.05) is 6.08 Å². The minimum Gasteiger partial charge on any atom is -0.326 e. The van der Waals surface area contributed by atoms with Crippen LogP contribution >= 0.6 is 12.2 Å². The molecule has 0 aromatic carbocycles. The van der Waals surface area contributed by atoms with Gasteiger partial charge < -0.3 is 4.18 Å². The van der Waals surface area contributed by atoms with E-state index in [1.54, 1.807) is 6.92 Å². The lowest BCUT2D eigenvalue weighted by Crippen LogP contribution is -1.95. The Morgan fingerprint density at radius 1 is 1.80 bits per heavy atom. The van der Waals surface area contributed by atoms with E-state index in [-0.39, 0.29) is 12.2 Å². The fraction of sp³-hybridized carbons (Fsp3) is 0.250. The van der Waals surface area contributed by atoms with Crippen molar-refractivity contribution in [2.45, 2.75) is 6.92 Å². The van der Waals surface area contributed by atoms with Gasteiger partial charge in [0.05, 0.1) is 0 Å². The van der Waals surface area contributed by atoms with Gasteiger partial charge in [0.2, 0.25) is 0 Å². The molecule has 0 saturated carbocycles. The summed E-state index contributed by atoms with van der Waals surface area (Å²) in [4.78, 5) is 19.9. The Kier molecular flexibility index (Phi) is 4.30. The molecule has 0 atom stereocenters. The third-order valence-corrected chi connectivity index (χ3v) is 0.844. The van der Waals surface area contributed by atoms with Crippen LogP contribution < -0.4 is 0 Å². The van der Waals surface area contributed by atoms with Gasteiger partial charge in [0, 0.05) is 6.08 Å². The lowest BCUT2D eigenvalue weighted by atomic mass is 10.5. The first kappa shape index (κ1) is 8.96. The van der Waals surface area contributed by atoms with Crippen molar-refractivity contribution >= 4 is 18.2 Å². The Balaban J connectivity index is 3.50. The first-order valence-electron chi connectivity index (χ1n) is 2.32. The zero-order chi connectivity index (χ0) is 7.98. The minimum atomic E-state index is -0.804. The zero-order valence-electron chi connectivity index (χ0n) is 5.14. The number of carbonyl (C=O) groups excluding carboxylic acids is 1. The maximum absolute atomic E-state index is 10.3. The molecule has 0 aromatic rings. The number of nitrogens with zero attached hydrogens (tertiary/aromatic N) is 1. The molecule has 0 aliphatic rings. The molecule has 0 spiro atoms. The molecule has 6 heteroatoms. The molecule has 0 rings (SSSR count). The van der Waals surface area contributed by atoms with Gasteiger partial charge in [-0.05, 0) is 6.92 Å². The molecule has 0 saturated heterocycles. The van der Waals surface area contributed by atoms with Crippen LogP contribution in [-0.4, -0.2) is 10.3 Å². The highest BCUT2D eigenvalue weighted by molar-refractivity contribution is 7.88. The summed E-state index contributed by atoms with van der Waals surface area (Å²) in [6.45, 7) is 1.61. The second kappa shape index (κ2) is 4.80. The van der Waals surface area contributed by atoms with E-state index in [4.69, 9.17) is 0 Å². The van der Waals surface area contributed by atoms with E-state index >= 15 is 0 Å². The Labute approximate surface area is 61.5 Å². The van der Waals surface area contributed by atoms with E-state index in [1.165, 1.54) is 6.08 Å². The van der Waals surface area contributed by atoms with Crippen molar-refractivity contribution in [2.24, 2.45) is 0 Å². The lowest BCUT2D eigenvalue weighted by molar-refractivity contribution is -0.293. The van der Waals surface area contributed by atoms with E-state index in [9.17, 15) is 14.9 Å². The number of nitro groups is 1. The van der Waals surface area contributed by atoms with Gasteiger partial charge in [0.25, 0.3) is 0 Å². The molecule has 0 amide bonds. The monoisotopic (exact) mass is 163 g/mol. The van der Waals surface area contributed by atoms with Crippen LogP contribution in [0.5, 0.6) is 0 Å². The standard InChI is InChI=1S/C4H5NO4S/c1-2-3-4(6)9-10-5(7)8/h2-3H,1H3/b3-2+. The third kappa shape index (κ3) is 5.10. The van der Waals surface area contributed by atoms with Gasteiger partial charge in [0.1, 0.15) is 4.33 Å². The maximum Gasteiger partial charge on any atom is 0.471 e. The highest BCUT2D eigenvalue weighted by atomic mass is 32.2. The normalized spacial score (nSPS) is 9.70. The molecule has 56 valence electrons. The summed E-state index contributed by atoms with van der Waals surface area (Å²) < 4.78 is 3.23. The molecule has 10 heavy (non-hydrogen) atoms. The molecule has 0 heterocycles. The van der Waals surface area contributed by atoms with E-state index in [0.29, 0.717) is 0 Å². The molecule has 5 nitrogen and oxygen atoms in total. The quantitative estimate of drug-likeness (QED) is 0.203. The summed E-state index contributed by atoms with van der Waals surface area (Å²) in [5, 5.41) is 9.58. The van der Waals surface area contributed by atoms with Crippen LogP contribution in [0.4, 0.5) is 0 Å². The maximum atomic E-state index is 10.3. The predicted molar refractivity (Wildman–Crippen MR) is 35.5 cm³/mol. The fourth-order valence-corrected chi connectivity index (χ4v) is 0.421. The van der Waals surface area contributed by atoms with E-state index in [1.807, 2.05) is 0 Å². The van der Waals surface area contributed by atoms with E-state index in [2.05, 4.69) is 4.18 Å². The van der Waals surface area contributed by atoms with Crippen LogP contribution in [0.3, 0.4) is 0 Å². The van der Waals surface area contributed by atoms with Crippen molar-refractivity contribution in [1.29, 1.82) is 0 Å². The Morgan fingerprint density at radius 3 is 2.80 bits per heavy atom. The Hall–Kier alpha value is -1.04. The summed E-state index contributed by atoms with van der Waals surface area (Å²) >= 11 is -0.0993. The Bertz CT molecular complexity index is 167. The number of allylic oxidation sites excluding steroid dienone is 1. The number of hydrogen-bond acceptors (Lipinski definition) is 5.